The number of fused-ring (bicyclic) bond motifs is 1. The predicted octanol–water partition coefficient (Wildman–Crippen LogP) is 1.20. The van der Waals surface area contributed by atoms with Gasteiger partial charge < -0.3 is 35.2 Å². The summed E-state index contributed by atoms with van der Waals surface area (Å²) >= 11 is 0. The highest BCUT2D eigenvalue weighted by molar-refractivity contribution is 6.00. The number of esters is 1. The number of carbonyl (C=O) groups excluding carboxylic acids is 4. The van der Waals surface area contributed by atoms with E-state index in [4.69, 9.17) is 15.2 Å². The zero-order valence-corrected chi connectivity index (χ0v) is 22.8. The first kappa shape index (κ1) is 29.3. The van der Waals surface area contributed by atoms with Gasteiger partial charge in [0.2, 0.25) is 5.91 Å². The van der Waals surface area contributed by atoms with Crippen molar-refractivity contribution in [2.24, 2.45) is 5.73 Å². The molecule has 0 aliphatic carbocycles. The van der Waals surface area contributed by atoms with Crippen LogP contribution in [-0.4, -0.2) is 85.3 Å². The number of pyridine rings is 1. The van der Waals surface area contributed by atoms with Crippen LogP contribution < -0.4 is 5.73 Å². The van der Waals surface area contributed by atoms with Crippen molar-refractivity contribution in [2.75, 3.05) is 13.1 Å². The smallest absolute Gasteiger partial charge is 0.410 e. The topological polar surface area (TPSA) is 173 Å². The largest absolute Gasteiger partial charge is 0.460 e. The van der Waals surface area contributed by atoms with E-state index in [2.05, 4.69) is 4.98 Å². The molecule has 0 aromatic carbocycles. The number of nitrogens with two attached hydrogens (primary N) is 1. The van der Waals surface area contributed by atoms with Gasteiger partial charge in [-0.1, -0.05) is 0 Å². The van der Waals surface area contributed by atoms with Crippen molar-refractivity contribution < 1.29 is 38.9 Å². The summed E-state index contributed by atoms with van der Waals surface area (Å²) < 4.78 is 10.6. The number of carbonyl (C=O) groups is 4. The van der Waals surface area contributed by atoms with E-state index < -0.39 is 52.8 Å². The molecule has 1 aromatic heterocycles. The molecule has 12 heteroatoms. The molecule has 0 radical (unpaired) electrons. The lowest BCUT2D eigenvalue weighted by molar-refractivity contribution is -0.155. The van der Waals surface area contributed by atoms with Crippen LogP contribution >= 0.6 is 0 Å². The Morgan fingerprint density at radius 2 is 1.79 bits per heavy atom. The molecule has 1 unspecified atom stereocenters. The number of aromatic nitrogens is 1. The average molecular weight is 535 g/mol. The molecule has 0 spiro atoms. The lowest BCUT2D eigenvalue weighted by Gasteiger charge is -2.41. The van der Waals surface area contributed by atoms with Crippen molar-refractivity contribution in [2.45, 2.75) is 96.3 Å². The van der Waals surface area contributed by atoms with Crippen LogP contribution in [0.5, 0.6) is 0 Å². The van der Waals surface area contributed by atoms with Crippen LogP contribution in [0.4, 0.5) is 4.79 Å². The minimum atomic E-state index is -1.76. The maximum atomic E-state index is 13.1. The van der Waals surface area contributed by atoms with Crippen LogP contribution in [0.15, 0.2) is 12.1 Å². The Morgan fingerprint density at radius 1 is 1.16 bits per heavy atom. The number of hydrogen-bond acceptors (Lipinski definition) is 9. The molecule has 38 heavy (non-hydrogen) atoms. The number of piperidine rings is 1. The molecule has 3 atom stereocenters. The van der Waals surface area contributed by atoms with Crippen LogP contribution in [0, 0.1) is 0 Å². The van der Waals surface area contributed by atoms with Gasteiger partial charge in [-0.25, -0.2) is 4.79 Å². The summed E-state index contributed by atoms with van der Waals surface area (Å²) in [5.41, 5.74) is 3.11. The lowest BCUT2D eigenvalue weighted by atomic mass is 9.85. The third kappa shape index (κ3) is 6.60. The lowest BCUT2D eigenvalue weighted by Crippen LogP contribution is -2.56. The number of ether oxygens (including phenoxy) is 2. The summed E-state index contributed by atoms with van der Waals surface area (Å²) in [5, 5.41) is 22.1. The van der Waals surface area contributed by atoms with Crippen LogP contribution in [0.25, 0.3) is 0 Å². The predicted molar refractivity (Wildman–Crippen MR) is 134 cm³/mol. The first-order valence-electron chi connectivity index (χ1n) is 12.6. The first-order valence-corrected chi connectivity index (χ1v) is 12.6. The molecule has 210 valence electrons. The summed E-state index contributed by atoms with van der Waals surface area (Å²) in [6.45, 7) is 10.3. The Morgan fingerprint density at radius 3 is 2.34 bits per heavy atom. The summed E-state index contributed by atoms with van der Waals surface area (Å²) in [7, 11) is 0. The van der Waals surface area contributed by atoms with Gasteiger partial charge in [0, 0.05) is 19.4 Å². The van der Waals surface area contributed by atoms with E-state index in [0.717, 1.165) is 0 Å². The van der Waals surface area contributed by atoms with Crippen LogP contribution in [0.2, 0.25) is 0 Å². The minimum absolute atomic E-state index is 0.00332. The number of nitrogens with zero attached hydrogens (tertiary/aromatic N) is 3. The second-order valence-corrected chi connectivity index (χ2v) is 11.8. The normalized spacial score (nSPS) is 22.6. The fraction of sp³-hybridized carbons (Fsp3) is 0.654. The SMILES string of the molecule is CC(C)(C)OC(=O)CCC(C(N)=O)N1Cc2nc([C@@]3(O)CCN(C(=O)OC(C)(C)C)C[C@@H]3O)ccc2C1=O. The number of rotatable bonds is 6. The highest BCUT2D eigenvalue weighted by Crippen LogP contribution is 2.35. The van der Waals surface area contributed by atoms with Gasteiger partial charge in [0.1, 0.15) is 28.9 Å². The van der Waals surface area contributed by atoms with Crippen LogP contribution in [-0.2, 0) is 31.2 Å². The maximum Gasteiger partial charge on any atom is 0.410 e. The third-order valence-corrected chi connectivity index (χ3v) is 6.33. The number of β-amino-alcohol motifs (C(OH)–C–C–N with tert-alkyl or cyclic N) is 1. The molecular formula is C26H38N4O8. The van der Waals surface area contributed by atoms with Crippen molar-refractivity contribution in [3.63, 3.8) is 0 Å². The van der Waals surface area contributed by atoms with E-state index in [1.54, 1.807) is 41.5 Å². The number of likely N-dealkylation sites (tertiary alicyclic amines) is 1. The molecule has 0 bridgehead atoms. The van der Waals surface area contributed by atoms with Gasteiger partial charge in [0.15, 0.2) is 0 Å². The molecule has 12 nitrogen and oxygen atoms in total. The summed E-state index contributed by atoms with van der Waals surface area (Å²) in [6, 6.07) is 1.88. The molecule has 1 saturated heterocycles. The van der Waals surface area contributed by atoms with Crippen molar-refractivity contribution in [1.29, 1.82) is 0 Å². The second-order valence-electron chi connectivity index (χ2n) is 11.8. The van der Waals surface area contributed by atoms with E-state index >= 15 is 0 Å². The molecule has 1 aromatic rings. The third-order valence-electron chi connectivity index (χ3n) is 6.33. The van der Waals surface area contributed by atoms with E-state index in [1.807, 2.05) is 0 Å². The molecule has 3 amide bonds. The molecule has 3 heterocycles. The molecule has 1 fully saturated rings. The monoisotopic (exact) mass is 534 g/mol. The van der Waals surface area contributed by atoms with Crippen molar-refractivity contribution >= 4 is 23.9 Å². The standard InChI is InChI=1S/C26H38N4O8/c1-24(2,3)37-20(32)10-8-17(21(27)33)30-13-16-15(22(30)34)7-9-18(28-16)26(36)11-12-29(14-19(26)31)23(35)38-25(4,5)6/h7,9,17,19,31,36H,8,10-14H2,1-6H3,(H2,27,33)/t17?,19-,26-/m0/s1. The highest BCUT2D eigenvalue weighted by Gasteiger charge is 2.46. The fourth-order valence-electron chi connectivity index (χ4n) is 4.51. The van der Waals surface area contributed by atoms with Gasteiger partial charge in [0.05, 0.1) is 30.0 Å². The Kier molecular flexibility index (Phi) is 8.09. The molecule has 4 N–H and O–H groups in total. The second kappa shape index (κ2) is 10.5. The maximum absolute atomic E-state index is 13.1. The quantitative estimate of drug-likeness (QED) is 0.453. The molecule has 3 rings (SSSR count). The van der Waals surface area contributed by atoms with E-state index in [0.29, 0.717) is 5.69 Å². The van der Waals surface area contributed by atoms with E-state index in [-0.39, 0.29) is 50.2 Å². The van der Waals surface area contributed by atoms with Gasteiger partial charge in [-0.15, -0.1) is 0 Å². The van der Waals surface area contributed by atoms with E-state index in [9.17, 15) is 29.4 Å². The number of hydrogen-bond donors (Lipinski definition) is 3. The van der Waals surface area contributed by atoms with Crippen molar-refractivity contribution in [3.8, 4) is 0 Å². The van der Waals surface area contributed by atoms with Crippen molar-refractivity contribution in [3.05, 3.63) is 29.1 Å². The average Bonchev–Trinajstić information content (AvgIpc) is 3.08. The summed E-state index contributed by atoms with van der Waals surface area (Å²) in [4.78, 5) is 56.9. The van der Waals surface area contributed by atoms with Crippen molar-refractivity contribution in [1.82, 2.24) is 14.8 Å². The summed E-state index contributed by atoms with van der Waals surface area (Å²) in [6.07, 6.45) is -2.07. The van der Waals surface area contributed by atoms with Gasteiger partial charge in [-0.3, -0.25) is 19.4 Å². The zero-order chi connectivity index (χ0) is 28.6. The number of aliphatic hydroxyl groups excluding tert-OH is 1. The first-order chi connectivity index (χ1) is 17.4. The van der Waals surface area contributed by atoms with Crippen LogP contribution in [0.3, 0.4) is 0 Å². The molecular weight excluding hydrogens is 496 g/mol. The zero-order valence-electron chi connectivity index (χ0n) is 22.8. The minimum Gasteiger partial charge on any atom is -0.460 e. The number of amides is 3. The van der Waals surface area contributed by atoms with Gasteiger partial charge in [-0.2, -0.15) is 0 Å². The Labute approximate surface area is 222 Å². The number of aliphatic hydroxyl groups is 2. The molecule has 2 aliphatic rings. The highest BCUT2D eigenvalue weighted by atomic mass is 16.6. The van der Waals surface area contributed by atoms with Gasteiger partial charge in [0.25, 0.3) is 5.91 Å². The van der Waals surface area contributed by atoms with Gasteiger partial charge >= 0.3 is 12.1 Å². The molecule has 0 saturated carbocycles. The Bertz CT molecular complexity index is 1110. The van der Waals surface area contributed by atoms with Gasteiger partial charge in [-0.05, 0) is 60.1 Å². The Balaban J connectivity index is 1.73. The molecule has 2 aliphatic heterocycles. The summed E-state index contributed by atoms with van der Waals surface area (Å²) in [5.74, 6) is -1.75. The van der Waals surface area contributed by atoms with E-state index in [1.165, 1.54) is 21.9 Å². The number of primary amides is 1. The fourth-order valence-corrected chi connectivity index (χ4v) is 4.51. The Hall–Kier alpha value is -3.25. The van der Waals surface area contributed by atoms with Crippen LogP contribution in [0.1, 0.15) is 82.6 Å².